The molecule has 0 bridgehead atoms. The molecule has 18 heavy (non-hydrogen) atoms. The largest absolute Gasteiger partial charge is 0.334 e. The molecule has 0 aliphatic heterocycles. The molecule has 1 amide bonds. The predicted octanol–water partition coefficient (Wildman–Crippen LogP) is 3.91. The third kappa shape index (κ3) is 3.04. The van der Waals surface area contributed by atoms with Gasteiger partial charge in [0.25, 0.3) is 5.91 Å². The number of rotatable bonds is 4. The van der Waals surface area contributed by atoms with Crippen molar-refractivity contribution in [3.8, 4) is 6.07 Å². The topological polar surface area (TPSA) is 52.9 Å². The summed E-state index contributed by atoms with van der Waals surface area (Å²) in [7, 11) is 0. The van der Waals surface area contributed by atoms with Crippen LogP contribution in [0.1, 0.15) is 37.0 Å². The summed E-state index contributed by atoms with van der Waals surface area (Å²) in [6.45, 7) is 3.74. The van der Waals surface area contributed by atoms with Gasteiger partial charge >= 0.3 is 0 Å². The van der Waals surface area contributed by atoms with Crippen molar-refractivity contribution in [1.82, 2.24) is 5.32 Å². The molecule has 5 heteroatoms. The van der Waals surface area contributed by atoms with Crippen molar-refractivity contribution in [1.29, 1.82) is 5.26 Å². The Morgan fingerprint density at radius 2 is 2.11 bits per heavy atom. The number of amides is 1. The van der Waals surface area contributed by atoms with Gasteiger partial charge in [0.05, 0.1) is 16.7 Å². The van der Waals surface area contributed by atoms with Crippen LogP contribution in [-0.2, 0) is 0 Å². The molecule has 0 aromatic heterocycles. The molecular formula is C13H14BrClN2O. The molecule has 0 aliphatic rings. The highest BCUT2D eigenvalue weighted by Gasteiger charge is 2.28. The molecule has 0 radical (unpaired) electrons. The smallest absolute Gasteiger partial charge is 0.254 e. The van der Waals surface area contributed by atoms with Crippen LogP contribution in [0, 0.1) is 11.3 Å². The highest BCUT2D eigenvalue weighted by Crippen LogP contribution is 2.26. The highest BCUT2D eigenvalue weighted by atomic mass is 79.9. The summed E-state index contributed by atoms with van der Waals surface area (Å²) < 4.78 is 0.660. The zero-order valence-corrected chi connectivity index (χ0v) is 12.6. The first kappa shape index (κ1) is 15.0. The van der Waals surface area contributed by atoms with Gasteiger partial charge in [0.1, 0.15) is 5.54 Å². The van der Waals surface area contributed by atoms with Crippen molar-refractivity contribution in [2.45, 2.75) is 32.2 Å². The molecule has 0 saturated heterocycles. The van der Waals surface area contributed by atoms with Gasteiger partial charge in [-0.1, -0.05) is 31.5 Å². The van der Waals surface area contributed by atoms with E-state index in [9.17, 15) is 10.1 Å². The average Bonchev–Trinajstić information content (AvgIpc) is 2.39. The van der Waals surface area contributed by atoms with Crippen molar-refractivity contribution in [2.24, 2.45) is 0 Å². The first-order valence-corrected chi connectivity index (χ1v) is 6.84. The lowest BCUT2D eigenvalue weighted by Crippen LogP contribution is -2.46. The number of nitriles is 1. The van der Waals surface area contributed by atoms with Crippen LogP contribution in [0.5, 0.6) is 0 Å². The van der Waals surface area contributed by atoms with Crippen molar-refractivity contribution in [3.63, 3.8) is 0 Å². The Hall–Kier alpha value is -1.05. The average molecular weight is 330 g/mol. The van der Waals surface area contributed by atoms with E-state index in [1.165, 1.54) is 0 Å². The van der Waals surface area contributed by atoms with Gasteiger partial charge in [-0.3, -0.25) is 4.79 Å². The van der Waals surface area contributed by atoms with E-state index >= 15 is 0 Å². The van der Waals surface area contributed by atoms with Crippen LogP contribution in [0.3, 0.4) is 0 Å². The van der Waals surface area contributed by atoms with Crippen LogP contribution in [-0.4, -0.2) is 11.4 Å². The first-order chi connectivity index (χ1) is 8.49. The minimum atomic E-state index is -0.831. The Balaban J connectivity index is 3.03. The second-order valence-corrected chi connectivity index (χ2v) is 5.19. The fourth-order valence-electron chi connectivity index (χ4n) is 1.58. The molecule has 0 atom stereocenters. The minimum Gasteiger partial charge on any atom is -0.334 e. The third-order valence-electron chi connectivity index (χ3n) is 2.97. The molecule has 0 spiro atoms. The molecule has 3 nitrogen and oxygen atoms in total. The standard InChI is InChI=1S/C13H14BrClN2O/c1-3-13(4-2,8-16)17-12(18)9-6-5-7-10(14)11(9)15/h5-7H,3-4H2,1-2H3,(H,17,18). The molecule has 1 N–H and O–H groups in total. The fraction of sp³-hybridized carbons (Fsp3) is 0.385. The van der Waals surface area contributed by atoms with Crippen molar-refractivity contribution < 1.29 is 4.79 Å². The van der Waals surface area contributed by atoms with Gasteiger partial charge in [-0.15, -0.1) is 0 Å². The number of halogens is 2. The maximum absolute atomic E-state index is 12.1. The summed E-state index contributed by atoms with van der Waals surface area (Å²) in [4.78, 5) is 12.1. The first-order valence-electron chi connectivity index (χ1n) is 5.67. The predicted molar refractivity (Wildman–Crippen MR) is 75.5 cm³/mol. The van der Waals surface area contributed by atoms with Crippen molar-refractivity contribution in [2.75, 3.05) is 0 Å². The number of carbonyl (C=O) groups is 1. The van der Waals surface area contributed by atoms with E-state index in [-0.39, 0.29) is 5.91 Å². The number of nitrogens with one attached hydrogen (secondary N) is 1. The Labute approximate surface area is 120 Å². The third-order valence-corrected chi connectivity index (χ3v) is 4.27. The molecule has 1 aromatic rings. The maximum Gasteiger partial charge on any atom is 0.254 e. The van der Waals surface area contributed by atoms with Gasteiger partial charge in [0.15, 0.2) is 0 Å². The molecular weight excluding hydrogens is 316 g/mol. The maximum atomic E-state index is 12.1. The van der Waals surface area contributed by atoms with Crippen molar-refractivity contribution in [3.05, 3.63) is 33.3 Å². The molecule has 1 aromatic carbocycles. The van der Waals surface area contributed by atoms with E-state index in [1.807, 2.05) is 13.8 Å². The van der Waals surface area contributed by atoms with E-state index in [0.717, 1.165) is 0 Å². The Morgan fingerprint density at radius 1 is 1.50 bits per heavy atom. The Morgan fingerprint density at radius 3 is 2.61 bits per heavy atom. The van der Waals surface area contributed by atoms with E-state index in [1.54, 1.807) is 18.2 Å². The Bertz CT molecular complexity index is 492. The molecule has 96 valence electrons. The summed E-state index contributed by atoms with van der Waals surface area (Å²) in [5.74, 6) is -0.327. The van der Waals surface area contributed by atoms with E-state index in [2.05, 4.69) is 27.3 Å². The molecule has 0 saturated carbocycles. The monoisotopic (exact) mass is 328 g/mol. The minimum absolute atomic E-state index is 0.327. The Kier molecular flexibility index (Phi) is 5.18. The zero-order chi connectivity index (χ0) is 13.8. The van der Waals surface area contributed by atoms with Gasteiger partial charge in [-0.25, -0.2) is 0 Å². The van der Waals surface area contributed by atoms with Crippen LogP contribution >= 0.6 is 27.5 Å². The summed E-state index contributed by atoms with van der Waals surface area (Å²) in [6.07, 6.45) is 1.11. The van der Waals surface area contributed by atoms with Gasteiger partial charge in [-0.05, 0) is 40.9 Å². The van der Waals surface area contributed by atoms with E-state index in [4.69, 9.17) is 11.6 Å². The number of carbonyl (C=O) groups excluding carboxylic acids is 1. The number of hydrogen-bond donors (Lipinski definition) is 1. The summed E-state index contributed by atoms with van der Waals surface area (Å²) in [5, 5.41) is 12.3. The van der Waals surface area contributed by atoms with Gasteiger partial charge in [0.2, 0.25) is 0 Å². The van der Waals surface area contributed by atoms with E-state index < -0.39 is 5.54 Å². The van der Waals surface area contributed by atoms with Crippen LogP contribution < -0.4 is 5.32 Å². The van der Waals surface area contributed by atoms with Gasteiger partial charge in [-0.2, -0.15) is 5.26 Å². The van der Waals surface area contributed by atoms with Crippen LogP contribution in [0.4, 0.5) is 0 Å². The normalized spacial score (nSPS) is 10.8. The number of nitrogens with zero attached hydrogens (tertiary/aromatic N) is 1. The van der Waals surface area contributed by atoms with Crippen LogP contribution in [0.2, 0.25) is 5.02 Å². The fourth-order valence-corrected chi connectivity index (χ4v) is 2.15. The second-order valence-electron chi connectivity index (χ2n) is 3.96. The van der Waals surface area contributed by atoms with Gasteiger partial charge < -0.3 is 5.32 Å². The second kappa shape index (κ2) is 6.21. The van der Waals surface area contributed by atoms with Crippen molar-refractivity contribution >= 4 is 33.4 Å². The molecule has 1 rings (SSSR count). The zero-order valence-electron chi connectivity index (χ0n) is 10.3. The SMILES string of the molecule is CCC(C#N)(CC)NC(=O)c1cccc(Br)c1Cl. The quantitative estimate of drug-likeness (QED) is 0.910. The number of benzene rings is 1. The van der Waals surface area contributed by atoms with Crippen LogP contribution in [0.15, 0.2) is 22.7 Å². The lowest BCUT2D eigenvalue weighted by molar-refractivity contribution is 0.0915. The van der Waals surface area contributed by atoms with Crippen LogP contribution in [0.25, 0.3) is 0 Å². The highest BCUT2D eigenvalue weighted by molar-refractivity contribution is 9.10. The molecule has 0 heterocycles. The summed E-state index contributed by atoms with van der Waals surface area (Å²) in [6, 6.07) is 7.29. The lowest BCUT2D eigenvalue weighted by Gasteiger charge is -2.25. The molecule has 0 fully saturated rings. The molecule has 0 unspecified atom stereocenters. The van der Waals surface area contributed by atoms with E-state index in [0.29, 0.717) is 27.9 Å². The summed E-state index contributed by atoms with van der Waals surface area (Å²) >= 11 is 9.32. The molecule has 0 aliphatic carbocycles. The number of hydrogen-bond acceptors (Lipinski definition) is 2. The summed E-state index contributed by atoms with van der Waals surface area (Å²) in [5.41, 5.74) is -0.463. The lowest BCUT2D eigenvalue weighted by atomic mass is 9.94. The van der Waals surface area contributed by atoms with Gasteiger partial charge in [0, 0.05) is 4.47 Å².